The van der Waals surface area contributed by atoms with E-state index in [1.54, 1.807) is 0 Å². The van der Waals surface area contributed by atoms with Gasteiger partial charge in [-0.2, -0.15) is 13.2 Å². The molecule has 0 saturated heterocycles. The maximum absolute atomic E-state index is 12.3. The molecule has 0 unspecified atom stereocenters. The van der Waals surface area contributed by atoms with E-state index >= 15 is 0 Å². The predicted octanol–water partition coefficient (Wildman–Crippen LogP) is 2.46. The molecule has 0 amide bonds. The lowest BCUT2D eigenvalue weighted by Gasteiger charge is -2.09. The van der Waals surface area contributed by atoms with Gasteiger partial charge in [-0.05, 0) is 12.8 Å². The van der Waals surface area contributed by atoms with Crippen molar-refractivity contribution in [2.24, 2.45) is 0 Å². The maximum atomic E-state index is 12.3. The summed E-state index contributed by atoms with van der Waals surface area (Å²) in [4.78, 5) is 5.98. The Bertz CT molecular complexity index is 339. The Labute approximate surface area is 91.5 Å². The fourth-order valence-electron chi connectivity index (χ4n) is 1.97. The van der Waals surface area contributed by atoms with Gasteiger partial charge < -0.3 is 10.3 Å². The monoisotopic (exact) mass is 233 g/mol. The van der Waals surface area contributed by atoms with Crippen molar-refractivity contribution in [2.75, 3.05) is 0 Å². The SMILES string of the molecule is FC(F)(F)c1cnc(CNC2CCCC2)[nH]1. The lowest BCUT2D eigenvalue weighted by Crippen LogP contribution is -2.25. The van der Waals surface area contributed by atoms with E-state index in [0.717, 1.165) is 19.0 Å². The van der Waals surface area contributed by atoms with Gasteiger partial charge in [0.1, 0.15) is 11.5 Å². The Hall–Kier alpha value is -1.04. The highest BCUT2D eigenvalue weighted by atomic mass is 19.4. The van der Waals surface area contributed by atoms with Gasteiger partial charge in [-0.15, -0.1) is 0 Å². The van der Waals surface area contributed by atoms with Crippen molar-refractivity contribution in [2.45, 2.75) is 44.4 Å². The molecule has 1 aromatic heterocycles. The van der Waals surface area contributed by atoms with Gasteiger partial charge in [0, 0.05) is 6.04 Å². The molecular weight excluding hydrogens is 219 g/mol. The molecule has 90 valence electrons. The van der Waals surface area contributed by atoms with Gasteiger partial charge in [-0.25, -0.2) is 4.98 Å². The highest BCUT2D eigenvalue weighted by molar-refractivity contribution is 5.05. The lowest BCUT2D eigenvalue weighted by atomic mass is 10.2. The topological polar surface area (TPSA) is 40.7 Å². The summed E-state index contributed by atoms with van der Waals surface area (Å²) in [6, 6.07) is 0.430. The van der Waals surface area contributed by atoms with Crippen LogP contribution < -0.4 is 5.32 Å². The minimum absolute atomic E-state index is 0.347. The fraction of sp³-hybridized carbons (Fsp3) is 0.700. The summed E-state index contributed by atoms with van der Waals surface area (Å²) in [5.41, 5.74) is -0.782. The molecule has 6 heteroatoms. The third kappa shape index (κ3) is 2.75. The largest absolute Gasteiger partial charge is 0.432 e. The molecule has 1 heterocycles. The van der Waals surface area contributed by atoms with E-state index in [1.807, 2.05) is 0 Å². The number of nitrogens with one attached hydrogen (secondary N) is 2. The Balaban J connectivity index is 1.87. The van der Waals surface area contributed by atoms with Crippen LogP contribution in [-0.2, 0) is 12.7 Å². The maximum Gasteiger partial charge on any atom is 0.432 e. The number of aromatic nitrogens is 2. The molecule has 1 aliphatic rings. The third-order valence-corrected chi connectivity index (χ3v) is 2.85. The predicted molar refractivity (Wildman–Crippen MR) is 52.7 cm³/mol. The van der Waals surface area contributed by atoms with Crippen molar-refractivity contribution < 1.29 is 13.2 Å². The summed E-state index contributed by atoms with van der Waals surface area (Å²) in [7, 11) is 0. The minimum atomic E-state index is -4.33. The van der Waals surface area contributed by atoms with E-state index in [0.29, 0.717) is 18.4 Å². The Kier molecular flexibility index (Phi) is 3.18. The van der Waals surface area contributed by atoms with Gasteiger partial charge in [0.2, 0.25) is 0 Å². The Morgan fingerprint density at radius 1 is 1.38 bits per heavy atom. The normalized spacial score (nSPS) is 18.2. The number of nitrogens with zero attached hydrogens (tertiary/aromatic N) is 1. The second-order valence-corrected chi connectivity index (χ2v) is 4.10. The van der Waals surface area contributed by atoms with Gasteiger partial charge in [-0.3, -0.25) is 0 Å². The first-order valence-electron chi connectivity index (χ1n) is 5.40. The van der Waals surface area contributed by atoms with Crippen LogP contribution in [0.15, 0.2) is 6.20 Å². The van der Waals surface area contributed by atoms with Gasteiger partial charge >= 0.3 is 6.18 Å². The average molecular weight is 233 g/mol. The zero-order valence-electron chi connectivity index (χ0n) is 8.77. The van der Waals surface area contributed by atoms with Gasteiger partial charge in [0.25, 0.3) is 0 Å². The molecule has 16 heavy (non-hydrogen) atoms. The number of H-pyrrole nitrogens is 1. The van der Waals surface area contributed by atoms with E-state index in [9.17, 15) is 13.2 Å². The number of rotatable bonds is 3. The van der Waals surface area contributed by atoms with Crippen LogP contribution in [0.2, 0.25) is 0 Å². The summed E-state index contributed by atoms with van der Waals surface area (Å²) in [6.07, 6.45) is 1.11. The fourth-order valence-corrected chi connectivity index (χ4v) is 1.97. The lowest BCUT2D eigenvalue weighted by molar-refractivity contribution is -0.140. The second kappa shape index (κ2) is 4.45. The first kappa shape index (κ1) is 11.4. The summed E-state index contributed by atoms with van der Waals surface area (Å²) in [5, 5.41) is 3.20. The van der Waals surface area contributed by atoms with Crippen LogP contribution in [0.25, 0.3) is 0 Å². The number of halogens is 3. The van der Waals surface area contributed by atoms with Crippen LogP contribution in [0.3, 0.4) is 0 Å². The quantitative estimate of drug-likeness (QED) is 0.842. The van der Waals surface area contributed by atoms with Gasteiger partial charge in [0.15, 0.2) is 0 Å². The van der Waals surface area contributed by atoms with Gasteiger partial charge in [-0.1, -0.05) is 12.8 Å². The second-order valence-electron chi connectivity index (χ2n) is 4.10. The highest BCUT2D eigenvalue weighted by Gasteiger charge is 2.32. The van der Waals surface area contributed by atoms with E-state index in [4.69, 9.17) is 0 Å². The zero-order chi connectivity index (χ0) is 11.6. The van der Waals surface area contributed by atoms with E-state index < -0.39 is 11.9 Å². The average Bonchev–Trinajstić information content (AvgIpc) is 2.85. The van der Waals surface area contributed by atoms with Crippen LogP contribution in [0, 0.1) is 0 Å². The number of imidazole rings is 1. The van der Waals surface area contributed by atoms with Crippen LogP contribution in [-0.4, -0.2) is 16.0 Å². The molecular formula is C10H14F3N3. The molecule has 0 bridgehead atoms. The van der Waals surface area contributed by atoms with E-state index in [2.05, 4.69) is 15.3 Å². The standard InChI is InChI=1S/C10H14F3N3/c11-10(12,13)8-5-15-9(16-8)6-14-7-3-1-2-4-7/h5,7,14H,1-4,6H2,(H,15,16). The van der Waals surface area contributed by atoms with Crippen molar-refractivity contribution >= 4 is 0 Å². The molecule has 0 atom stereocenters. The van der Waals surface area contributed by atoms with Crippen LogP contribution >= 0.6 is 0 Å². The third-order valence-electron chi connectivity index (χ3n) is 2.85. The van der Waals surface area contributed by atoms with Gasteiger partial charge in [0.05, 0.1) is 12.7 Å². The summed E-state index contributed by atoms with van der Waals surface area (Å²) in [5.74, 6) is 0.347. The summed E-state index contributed by atoms with van der Waals surface area (Å²) in [6.45, 7) is 0.376. The van der Waals surface area contributed by atoms with Crippen molar-refractivity contribution in [3.8, 4) is 0 Å². The number of alkyl halides is 3. The summed E-state index contributed by atoms with van der Waals surface area (Å²) < 4.78 is 36.8. The number of aromatic amines is 1. The molecule has 1 aliphatic carbocycles. The van der Waals surface area contributed by atoms with Crippen LogP contribution in [0.4, 0.5) is 13.2 Å². The summed E-state index contributed by atoms with van der Waals surface area (Å²) >= 11 is 0. The van der Waals surface area contributed by atoms with E-state index in [1.165, 1.54) is 12.8 Å². The molecule has 1 fully saturated rings. The van der Waals surface area contributed by atoms with Crippen LogP contribution in [0.1, 0.15) is 37.2 Å². The van der Waals surface area contributed by atoms with E-state index in [-0.39, 0.29) is 0 Å². The number of hydrogen-bond acceptors (Lipinski definition) is 2. The van der Waals surface area contributed by atoms with Crippen LogP contribution in [0.5, 0.6) is 0 Å². The highest BCUT2D eigenvalue weighted by Crippen LogP contribution is 2.27. The molecule has 0 spiro atoms. The smallest absolute Gasteiger partial charge is 0.337 e. The van der Waals surface area contributed by atoms with Crippen molar-refractivity contribution in [1.82, 2.24) is 15.3 Å². The number of hydrogen-bond donors (Lipinski definition) is 2. The molecule has 0 radical (unpaired) electrons. The first-order chi connectivity index (χ1) is 7.55. The molecule has 0 aliphatic heterocycles. The molecule has 1 saturated carbocycles. The minimum Gasteiger partial charge on any atom is -0.337 e. The molecule has 2 rings (SSSR count). The molecule has 0 aromatic carbocycles. The van der Waals surface area contributed by atoms with Crippen molar-refractivity contribution in [3.63, 3.8) is 0 Å². The molecule has 3 nitrogen and oxygen atoms in total. The Morgan fingerprint density at radius 3 is 2.62 bits per heavy atom. The molecule has 2 N–H and O–H groups in total. The van der Waals surface area contributed by atoms with Crippen molar-refractivity contribution in [3.05, 3.63) is 17.7 Å². The zero-order valence-corrected chi connectivity index (χ0v) is 8.77. The Morgan fingerprint density at radius 2 is 2.06 bits per heavy atom. The molecule has 1 aromatic rings. The van der Waals surface area contributed by atoms with Crippen molar-refractivity contribution in [1.29, 1.82) is 0 Å². The first-order valence-corrected chi connectivity index (χ1v) is 5.40.